The average molecular weight is 449 g/mol. The highest BCUT2D eigenvalue weighted by Gasteiger charge is 2.46. The lowest BCUT2D eigenvalue weighted by Gasteiger charge is -2.25. The number of rotatable bonds is 7. The van der Waals surface area contributed by atoms with Gasteiger partial charge in [-0.2, -0.15) is 0 Å². The molecule has 1 aliphatic rings. The average Bonchev–Trinajstić information content (AvgIpc) is 3.42. The molecule has 1 fully saturated rings. The predicted molar refractivity (Wildman–Crippen MR) is 119 cm³/mol. The number of furan rings is 1. The third-order valence-corrected chi connectivity index (χ3v) is 5.40. The number of phenolic OH excluding ortho intramolecular Hbond substituents is 1. The number of ether oxygens (including phenoxy) is 2. The van der Waals surface area contributed by atoms with Gasteiger partial charge in [0.05, 0.1) is 38.1 Å². The van der Waals surface area contributed by atoms with Crippen LogP contribution < -0.4 is 9.47 Å². The van der Waals surface area contributed by atoms with Crippen LogP contribution in [0.3, 0.4) is 0 Å². The van der Waals surface area contributed by atoms with Crippen molar-refractivity contribution in [1.29, 1.82) is 0 Å². The molecule has 1 unspecified atom stereocenters. The number of benzene rings is 2. The molecular weight excluding hydrogens is 426 g/mol. The van der Waals surface area contributed by atoms with Crippen molar-refractivity contribution in [3.8, 4) is 17.2 Å². The van der Waals surface area contributed by atoms with E-state index in [0.29, 0.717) is 29.2 Å². The highest BCUT2D eigenvalue weighted by atomic mass is 16.5. The molecule has 33 heavy (non-hydrogen) atoms. The molecule has 1 atom stereocenters. The summed E-state index contributed by atoms with van der Waals surface area (Å²) >= 11 is 0. The van der Waals surface area contributed by atoms with E-state index in [9.17, 15) is 19.8 Å². The Bertz CT molecular complexity index is 1200. The number of carbonyl (C=O) groups excluding carboxylic acids is 2. The molecule has 0 saturated carbocycles. The van der Waals surface area contributed by atoms with Gasteiger partial charge in [0.15, 0.2) is 11.5 Å². The minimum absolute atomic E-state index is 0.0193. The van der Waals surface area contributed by atoms with E-state index in [1.165, 1.54) is 30.4 Å². The number of aliphatic hydroxyl groups excluding tert-OH is 1. The smallest absolute Gasteiger partial charge is 0.296 e. The molecule has 1 amide bonds. The summed E-state index contributed by atoms with van der Waals surface area (Å²) in [4.78, 5) is 27.4. The Morgan fingerprint density at radius 3 is 2.52 bits per heavy atom. The number of amides is 1. The third kappa shape index (κ3) is 4.15. The molecule has 0 bridgehead atoms. The van der Waals surface area contributed by atoms with Gasteiger partial charge in [-0.05, 0) is 61.0 Å². The number of hydrogen-bond donors (Lipinski definition) is 2. The lowest BCUT2D eigenvalue weighted by atomic mass is 9.95. The van der Waals surface area contributed by atoms with Crippen molar-refractivity contribution in [1.82, 2.24) is 4.90 Å². The van der Waals surface area contributed by atoms with Crippen LogP contribution in [0.2, 0.25) is 0 Å². The Hall–Kier alpha value is -4.20. The molecule has 1 saturated heterocycles. The summed E-state index contributed by atoms with van der Waals surface area (Å²) in [7, 11) is 1.40. The second-order valence-electron chi connectivity index (χ2n) is 7.40. The van der Waals surface area contributed by atoms with Gasteiger partial charge in [0.1, 0.15) is 17.3 Å². The number of aliphatic hydroxyl groups is 1. The third-order valence-electron chi connectivity index (χ3n) is 5.40. The van der Waals surface area contributed by atoms with Crippen LogP contribution in [-0.4, -0.2) is 40.5 Å². The second kappa shape index (κ2) is 9.12. The maximum atomic E-state index is 13.1. The van der Waals surface area contributed by atoms with Gasteiger partial charge < -0.3 is 29.0 Å². The van der Waals surface area contributed by atoms with Crippen molar-refractivity contribution < 1.29 is 33.7 Å². The van der Waals surface area contributed by atoms with Crippen LogP contribution >= 0.6 is 0 Å². The summed E-state index contributed by atoms with van der Waals surface area (Å²) in [6.45, 7) is 2.37. The minimum atomic E-state index is -0.920. The van der Waals surface area contributed by atoms with Crippen molar-refractivity contribution in [2.75, 3.05) is 13.7 Å². The molecule has 2 N–H and O–H groups in total. The summed E-state index contributed by atoms with van der Waals surface area (Å²) in [5.74, 6) is -0.704. The van der Waals surface area contributed by atoms with Gasteiger partial charge in [-0.25, -0.2) is 0 Å². The van der Waals surface area contributed by atoms with E-state index in [-0.39, 0.29) is 29.4 Å². The number of hydrogen-bond acceptors (Lipinski definition) is 7. The SMILES string of the molecule is CCOc1ccc(C(O)=C2C(=O)C(=O)N(Cc3ccco3)C2c2ccc(O)c(OC)c2)cc1. The highest BCUT2D eigenvalue weighted by Crippen LogP contribution is 2.42. The topological polar surface area (TPSA) is 109 Å². The largest absolute Gasteiger partial charge is 0.507 e. The fraction of sp³-hybridized carbons (Fsp3) is 0.200. The molecule has 2 aromatic carbocycles. The fourth-order valence-corrected chi connectivity index (χ4v) is 3.86. The monoisotopic (exact) mass is 449 g/mol. The molecule has 2 heterocycles. The second-order valence-corrected chi connectivity index (χ2v) is 7.40. The van der Waals surface area contributed by atoms with E-state index in [1.807, 2.05) is 6.92 Å². The Labute approximate surface area is 190 Å². The van der Waals surface area contributed by atoms with Gasteiger partial charge in [0.25, 0.3) is 11.7 Å². The zero-order valence-electron chi connectivity index (χ0n) is 18.1. The van der Waals surface area contributed by atoms with E-state index in [4.69, 9.17) is 13.9 Å². The molecule has 8 nitrogen and oxygen atoms in total. The molecular formula is C25H23NO7. The summed E-state index contributed by atoms with van der Waals surface area (Å²) in [6, 6.07) is 13.6. The van der Waals surface area contributed by atoms with E-state index >= 15 is 0 Å². The normalized spacial score (nSPS) is 17.4. The Morgan fingerprint density at radius 2 is 1.88 bits per heavy atom. The molecule has 0 spiro atoms. The van der Waals surface area contributed by atoms with Crippen molar-refractivity contribution >= 4 is 17.4 Å². The van der Waals surface area contributed by atoms with Gasteiger partial charge in [-0.3, -0.25) is 9.59 Å². The van der Waals surface area contributed by atoms with Crippen molar-refractivity contribution in [3.05, 3.63) is 83.3 Å². The Morgan fingerprint density at radius 1 is 1.12 bits per heavy atom. The van der Waals surface area contributed by atoms with E-state index in [1.54, 1.807) is 42.5 Å². The van der Waals surface area contributed by atoms with Crippen molar-refractivity contribution in [2.24, 2.45) is 0 Å². The molecule has 8 heteroatoms. The number of likely N-dealkylation sites (tertiary alicyclic amines) is 1. The number of ketones is 1. The van der Waals surface area contributed by atoms with Gasteiger partial charge in [0, 0.05) is 5.56 Å². The van der Waals surface area contributed by atoms with E-state index in [2.05, 4.69) is 0 Å². The standard InChI is InChI=1S/C25H23NO7/c1-3-32-17-9-6-15(7-10-17)23(28)21-22(16-8-11-19(27)20(13-16)31-2)26(25(30)24(21)29)14-18-5-4-12-33-18/h4-13,22,27-28H,3,14H2,1-2H3. The maximum absolute atomic E-state index is 13.1. The molecule has 0 aliphatic carbocycles. The molecule has 0 radical (unpaired) electrons. The van der Waals surface area contributed by atoms with Crippen LogP contribution in [0.4, 0.5) is 0 Å². The Balaban J connectivity index is 1.85. The molecule has 1 aromatic heterocycles. The first kappa shape index (κ1) is 22.0. The van der Waals surface area contributed by atoms with E-state index in [0.717, 1.165) is 0 Å². The summed E-state index contributed by atoms with van der Waals surface area (Å²) in [6.07, 6.45) is 1.48. The van der Waals surface area contributed by atoms with Gasteiger partial charge in [-0.15, -0.1) is 0 Å². The number of phenols is 1. The number of methoxy groups -OCH3 is 1. The zero-order valence-corrected chi connectivity index (χ0v) is 18.1. The molecule has 170 valence electrons. The van der Waals surface area contributed by atoms with Crippen LogP contribution in [0, 0.1) is 0 Å². The summed E-state index contributed by atoms with van der Waals surface area (Å²) < 4.78 is 16.0. The van der Waals surface area contributed by atoms with Gasteiger partial charge in [-0.1, -0.05) is 6.07 Å². The van der Waals surface area contributed by atoms with Crippen molar-refractivity contribution in [2.45, 2.75) is 19.5 Å². The number of aromatic hydroxyl groups is 1. The van der Waals surface area contributed by atoms with E-state index < -0.39 is 17.7 Å². The van der Waals surface area contributed by atoms with Crippen LogP contribution in [0.5, 0.6) is 17.2 Å². The van der Waals surface area contributed by atoms with Crippen LogP contribution in [0.25, 0.3) is 5.76 Å². The quantitative estimate of drug-likeness (QED) is 0.319. The molecule has 3 aromatic rings. The number of carbonyl (C=O) groups is 2. The van der Waals surface area contributed by atoms with Crippen LogP contribution in [0.1, 0.15) is 29.9 Å². The van der Waals surface area contributed by atoms with Crippen LogP contribution in [0.15, 0.2) is 70.9 Å². The predicted octanol–water partition coefficient (Wildman–Crippen LogP) is 4.01. The first-order valence-corrected chi connectivity index (χ1v) is 10.4. The zero-order chi connectivity index (χ0) is 23.5. The fourth-order valence-electron chi connectivity index (χ4n) is 3.86. The molecule has 4 rings (SSSR count). The summed E-state index contributed by atoms with van der Waals surface area (Å²) in [5, 5.41) is 21.1. The highest BCUT2D eigenvalue weighted by molar-refractivity contribution is 6.46. The Kier molecular flexibility index (Phi) is 6.08. The maximum Gasteiger partial charge on any atom is 0.296 e. The number of Topliss-reactive ketones (excluding diaryl/α,β-unsaturated/α-hetero) is 1. The van der Waals surface area contributed by atoms with Gasteiger partial charge >= 0.3 is 0 Å². The lowest BCUT2D eigenvalue weighted by Crippen LogP contribution is -2.29. The first-order valence-electron chi connectivity index (χ1n) is 10.4. The summed E-state index contributed by atoms with van der Waals surface area (Å²) in [5.41, 5.74) is 0.788. The van der Waals surface area contributed by atoms with Crippen LogP contribution in [-0.2, 0) is 16.1 Å². The van der Waals surface area contributed by atoms with Crippen molar-refractivity contribution in [3.63, 3.8) is 0 Å². The lowest BCUT2D eigenvalue weighted by molar-refractivity contribution is -0.140. The first-order chi connectivity index (χ1) is 15.9. The van der Waals surface area contributed by atoms with Gasteiger partial charge in [0.2, 0.25) is 0 Å². The number of nitrogens with zero attached hydrogens (tertiary/aromatic N) is 1. The minimum Gasteiger partial charge on any atom is -0.507 e. The molecule has 1 aliphatic heterocycles.